The highest BCUT2D eigenvalue weighted by Gasteiger charge is 2.52. The van der Waals surface area contributed by atoms with E-state index in [-0.39, 0.29) is 0 Å². The normalized spacial score (nSPS) is 20.1. The van der Waals surface area contributed by atoms with Gasteiger partial charge in [0.1, 0.15) is 0 Å². The van der Waals surface area contributed by atoms with Gasteiger partial charge >= 0.3 is 7.12 Å². The largest absolute Gasteiger partial charge is 0.496 e. The lowest BCUT2D eigenvalue weighted by molar-refractivity contribution is 0.00578. The Kier molecular flexibility index (Phi) is 3.97. The molecule has 0 unspecified atom stereocenters. The van der Waals surface area contributed by atoms with Crippen LogP contribution < -0.4 is 14.9 Å². The number of halogens is 1. The summed E-state index contributed by atoms with van der Waals surface area (Å²) in [4.78, 5) is 0. The molecule has 1 aromatic carbocycles. The lowest BCUT2D eigenvalue weighted by Crippen LogP contribution is -2.41. The fourth-order valence-electron chi connectivity index (χ4n) is 2.02. The predicted molar refractivity (Wildman–Crippen MR) is 80.3 cm³/mol. The van der Waals surface area contributed by atoms with Gasteiger partial charge in [0, 0.05) is 16.6 Å². The Labute approximate surface area is 125 Å². The van der Waals surface area contributed by atoms with Crippen molar-refractivity contribution in [3.63, 3.8) is 0 Å². The van der Waals surface area contributed by atoms with Crippen LogP contribution >= 0.6 is 11.6 Å². The van der Waals surface area contributed by atoms with E-state index in [9.17, 15) is 0 Å². The van der Waals surface area contributed by atoms with Crippen molar-refractivity contribution in [3.05, 3.63) is 17.2 Å². The van der Waals surface area contributed by atoms with Crippen LogP contribution in [0, 0.1) is 0 Å². The molecule has 0 amide bonds. The maximum atomic E-state index is 6.31. The van der Waals surface area contributed by atoms with Crippen molar-refractivity contribution in [2.75, 3.05) is 14.2 Å². The zero-order valence-electron chi connectivity index (χ0n) is 12.7. The average Bonchev–Trinajstić information content (AvgIpc) is 2.57. The zero-order valence-corrected chi connectivity index (χ0v) is 13.5. The van der Waals surface area contributed by atoms with Gasteiger partial charge in [0.2, 0.25) is 0 Å². The van der Waals surface area contributed by atoms with Gasteiger partial charge in [-0.2, -0.15) is 0 Å². The van der Waals surface area contributed by atoms with Crippen LogP contribution in [0.5, 0.6) is 11.5 Å². The van der Waals surface area contributed by atoms with Gasteiger partial charge in [-0.3, -0.25) is 0 Å². The van der Waals surface area contributed by atoms with Crippen molar-refractivity contribution in [3.8, 4) is 11.5 Å². The van der Waals surface area contributed by atoms with E-state index in [4.69, 9.17) is 30.4 Å². The molecule has 0 N–H and O–H groups in total. The highest BCUT2D eigenvalue weighted by atomic mass is 35.5. The van der Waals surface area contributed by atoms with Crippen molar-refractivity contribution in [1.82, 2.24) is 0 Å². The highest BCUT2D eigenvalue weighted by Crippen LogP contribution is 2.38. The second-order valence-corrected chi connectivity index (χ2v) is 6.22. The topological polar surface area (TPSA) is 36.9 Å². The molecule has 4 nitrogen and oxygen atoms in total. The monoisotopic (exact) mass is 298 g/mol. The molecule has 2 rings (SSSR count). The summed E-state index contributed by atoms with van der Waals surface area (Å²) in [6, 6.07) is 3.50. The number of hydrogen-bond donors (Lipinski definition) is 0. The first-order valence-electron chi connectivity index (χ1n) is 6.49. The molecule has 110 valence electrons. The van der Waals surface area contributed by atoms with Crippen molar-refractivity contribution < 1.29 is 18.8 Å². The van der Waals surface area contributed by atoms with Crippen LogP contribution in [0.1, 0.15) is 27.7 Å². The molecule has 0 saturated carbocycles. The third-order valence-electron chi connectivity index (χ3n) is 4.01. The van der Waals surface area contributed by atoms with Gasteiger partial charge < -0.3 is 18.8 Å². The summed E-state index contributed by atoms with van der Waals surface area (Å²) in [5, 5.41) is 0.529. The molecule has 0 spiro atoms. The molecule has 1 aliphatic heterocycles. The summed E-state index contributed by atoms with van der Waals surface area (Å²) >= 11 is 6.31. The van der Waals surface area contributed by atoms with Crippen LogP contribution in [-0.2, 0) is 9.31 Å². The van der Waals surface area contributed by atoms with E-state index < -0.39 is 18.3 Å². The molecule has 0 radical (unpaired) electrons. The Hall–Kier alpha value is -0.905. The molecule has 1 heterocycles. The van der Waals surface area contributed by atoms with Crippen LogP contribution in [-0.4, -0.2) is 32.5 Å². The van der Waals surface area contributed by atoms with E-state index in [0.717, 1.165) is 5.46 Å². The van der Waals surface area contributed by atoms with Gasteiger partial charge in [0.25, 0.3) is 0 Å². The first-order valence-corrected chi connectivity index (χ1v) is 6.86. The van der Waals surface area contributed by atoms with E-state index in [2.05, 4.69) is 0 Å². The minimum Gasteiger partial charge on any atom is -0.493 e. The van der Waals surface area contributed by atoms with E-state index in [1.165, 1.54) is 0 Å². The smallest absolute Gasteiger partial charge is 0.493 e. The summed E-state index contributed by atoms with van der Waals surface area (Å²) < 4.78 is 22.5. The number of methoxy groups -OCH3 is 2. The van der Waals surface area contributed by atoms with Crippen LogP contribution in [0.4, 0.5) is 0 Å². The summed E-state index contributed by atoms with van der Waals surface area (Å²) in [7, 11) is 2.63. The third-order valence-corrected chi connectivity index (χ3v) is 4.34. The fourth-order valence-corrected chi connectivity index (χ4v) is 2.26. The molecular formula is C14H20BClO4. The van der Waals surface area contributed by atoms with E-state index >= 15 is 0 Å². The quantitative estimate of drug-likeness (QED) is 0.804. The maximum Gasteiger partial charge on any atom is 0.496 e. The lowest BCUT2D eigenvalue weighted by atomic mass is 9.79. The maximum absolute atomic E-state index is 6.31. The summed E-state index contributed by atoms with van der Waals surface area (Å²) in [6.07, 6.45) is 0. The standard InChI is InChI=1S/C14H20BClO4/c1-13(2)14(3,4)20-15(19-13)9-7-11(17-5)12(18-6)8-10(9)16/h7-8H,1-6H3. The van der Waals surface area contributed by atoms with Crippen molar-refractivity contribution in [2.45, 2.75) is 38.9 Å². The Morgan fingerprint density at radius 3 is 1.85 bits per heavy atom. The van der Waals surface area contributed by atoms with Crippen LogP contribution in [0.2, 0.25) is 5.02 Å². The van der Waals surface area contributed by atoms with Gasteiger partial charge in [0.05, 0.1) is 25.4 Å². The predicted octanol–water partition coefficient (Wildman–Crippen LogP) is 2.66. The average molecular weight is 299 g/mol. The second kappa shape index (κ2) is 5.13. The molecule has 1 aliphatic rings. The van der Waals surface area contributed by atoms with Crippen molar-refractivity contribution in [2.24, 2.45) is 0 Å². The Morgan fingerprint density at radius 1 is 0.950 bits per heavy atom. The SMILES string of the molecule is COc1cc(Cl)c(B2OC(C)(C)C(C)(C)O2)cc1OC. The third kappa shape index (κ3) is 2.50. The van der Waals surface area contributed by atoms with Gasteiger partial charge in [-0.1, -0.05) is 11.6 Å². The number of rotatable bonds is 3. The molecule has 0 bridgehead atoms. The molecule has 0 atom stereocenters. The van der Waals surface area contributed by atoms with E-state index in [1.54, 1.807) is 26.4 Å². The number of ether oxygens (including phenoxy) is 2. The summed E-state index contributed by atoms with van der Waals surface area (Å²) in [6.45, 7) is 8.01. The zero-order chi connectivity index (χ0) is 15.1. The van der Waals surface area contributed by atoms with Gasteiger partial charge in [-0.15, -0.1) is 0 Å². The highest BCUT2D eigenvalue weighted by molar-refractivity contribution is 6.65. The van der Waals surface area contributed by atoms with Crippen LogP contribution in [0.15, 0.2) is 12.1 Å². The Morgan fingerprint density at radius 2 is 1.40 bits per heavy atom. The van der Waals surface area contributed by atoms with E-state index in [0.29, 0.717) is 16.5 Å². The molecule has 0 aromatic heterocycles. The molecule has 0 aliphatic carbocycles. The second-order valence-electron chi connectivity index (χ2n) is 5.82. The molecule has 6 heteroatoms. The summed E-state index contributed by atoms with van der Waals surface area (Å²) in [5.74, 6) is 1.18. The molecule has 1 fully saturated rings. The van der Waals surface area contributed by atoms with Crippen LogP contribution in [0.3, 0.4) is 0 Å². The fraction of sp³-hybridized carbons (Fsp3) is 0.571. The van der Waals surface area contributed by atoms with Gasteiger partial charge in [0.15, 0.2) is 11.5 Å². The van der Waals surface area contributed by atoms with Crippen molar-refractivity contribution >= 4 is 24.2 Å². The molecule has 1 saturated heterocycles. The van der Waals surface area contributed by atoms with E-state index in [1.807, 2.05) is 27.7 Å². The first kappa shape index (κ1) is 15.5. The first-order chi connectivity index (χ1) is 9.21. The lowest BCUT2D eigenvalue weighted by Gasteiger charge is -2.32. The summed E-state index contributed by atoms with van der Waals surface area (Å²) in [5.41, 5.74) is -0.0783. The minimum atomic E-state index is -0.521. The Bertz CT molecular complexity index is 500. The van der Waals surface area contributed by atoms with Crippen LogP contribution in [0.25, 0.3) is 0 Å². The molecular weight excluding hydrogens is 278 g/mol. The van der Waals surface area contributed by atoms with Gasteiger partial charge in [-0.05, 0) is 33.8 Å². The molecule has 20 heavy (non-hydrogen) atoms. The number of benzene rings is 1. The van der Waals surface area contributed by atoms with Gasteiger partial charge in [-0.25, -0.2) is 0 Å². The molecule has 1 aromatic rings. The minimum absolute atomic E-state index is 0.409. The van der Waals surface area contributed by atoms with Crippen molar-refractivity contribution in [1.29, 1.82) is 0 Å². The Balaban J connectivity index is 2.40. The number of hydrogen-bond acceptors (Lipinski definition) is 4.